The molecule has 0 aromatic heterocycles. The number of rotatable bonds is 10. The molecule has 3 nitrogen and oxygen atoms in total. The zero-order chi connectivity index (χ0) is 16.6. The van der Waals surface area contributed by atoms with Gasteiger partial charge in [-0.15, -0.1) is 0 Å². The zero-order valence-corrected chi connectivity index (χ0v) is 15.0. The summed E-state index contributed by atoms with van der Waals surface area (Å²) in [6.07, 6.45) is 16.2. The molecule has 1 aliphatic carbocycles. The Morgan fingerprint density at radius 3 is 2.05 bits per heavy atom. The number of unbranched alkanes of at least 4 members (excludes halogenated alkanes) is 4. The zero-order valence-electron chi connectivity index (χ0n) is 15.0. The first kappa shape index (κ1) is 21.1. The second-order valence-corrected chi connectivity index (χ2v) is 6.44. The van der Waals surface area contributed by atoms with Crippen molar-refractivity contribution >= 4 is 11.8 Å². The van der Waals surface area contributed by atoms with Crippen molar-refractivity contribution < 1.29 is 14.3 Å². The summed E-state index contributed by atoms with van der Waals surface area (Å²) in [6, 6.07) is 0. The molecular weight excluding hydrogens is 276 g/mol. The van der Waals surface area contributed by atoms with E-state index in [0.717, 1.165) is 31.6 Å². The molecular formula is C19H36O3. The number of ketones is 1. The summed E-state index contributed by atoms with van der Waals surface area (Å²) in [4.78, 5) is 21.2. The topological polar surface area (TPSA) is 43.4 Å². The number of hydrogen-bond donors (Lipinski definition) is 0. The fourth-order valence-electron chi connectivity index (χ4n) is 2.94. The molecule has 0 aromatic rings. The highest BCUT2D eigenvalue weighted by atomic mass is 16.5. The van der Waals surface area contributed by atoms with Crippen LogP contribution in [0.4, 0.5) is 0 Å². The van der Waals surface area contributed by atoms with Crippen LogP contribution in [-0.4, -0.2) is 18.9 Å². The lowest BCUT2D eigenvalue weighted by Crippen LogP contribution is -2.00. The minimum Gasteiger partial charge on any atom is -0.469 e. The Morgan fingerprint density at radius 1 is 0.955 bits per heavy atom. The molecule has 0 aliphatic heterocycles. The largest absolute Gasteiger partial charge is 0.469 e. The first-order valence-corrected chi connectivity index (χ1v) is 9.16. The van der Waals surface area contributed by atoms with Gasteiger partial charge < -0.3 is 4.74 Å². The van der Waals surface area contributed by atoms with Gasteiger partial charge in [0.2, 0.25) is 0 Å². The number of carbonyl (C=O) groups excluding carboxylic acids is 2. The van der Waals surface area contributed by atoms with E-state index in [1.54, 1.807) is 0 Å². The molecule has 3 heteroatoms. The molecule has 0 unspecified atom stereocenters. The minimum absolute atomic E-state index is 0.245. The Hall–Kier alpha value is -0.860. The van der Waals surface area contributed by atoms with Crippen LogP contribution in [-0.2, 0) is 14.3 Å². The van der Waals surface area contributed by atoms with E-state index in [1.165, 1.54) is 71.8 Å². The number of esters is 1. The average Bonchev–Trinajstić information content (AvgIpc) is 3.01. The molecule has 0 atom stereocenters. The van der Waals surface area contributed by atoms with E-state index in [2.05, 4.69) is 11.7 Å². The van der Waals surface area contributed by atoms with Gasteiger partial charge in [0.25, 0.3) is 0 Å². The summed E-state index contributed by atoms with van der Waals surface area (Å²) >= 11 is 0. The Bertz CT molecular complexity index is 280. The van der Waals surface area contributed by atoms with E-state index in [0.29, 0.717) is 5.78 Å². The molecule has 0 bridgehead atoms. The summed E-state index contributed by atoms with van der Waals surface area (Å²) in [5.41, 5.74) is 0. The van der Waals surface area contributed by atoms with Gasteiger partial charge in [0.05, 0.1) is 7.11 Å². The quantitative estimate of drug-likeness (QED) is 0.397. The molecule has 1 rings (SSSR count). The van der Waals surface area contributed by atoms with Crippen molar-refractivity contribution in [2.45, 2.75) is 97.3 Å². The van der Waals surface area contributed by atoms with Gasteiger partial charge in [-0.05, 0) is 18.8 Å². The molecule has 0 saturated heterocycles. The molecule has 1 fully saturated rings. The van der Waals surface area contributed by atoms with Crippen LogP contribution in [0.15, 0.2) is 0 Å². The van der Waals surface area contributed by atoms with Crippen LogP contribution < -0.4 is 0 Å². The molecule has 0 heterocycles. The summed E-state index contributed by atoms with van der Waals surface area (Å²) in [5, 5.41) is 0. The monoisotopic (exact) mass is 312 g/mol. The Balaban J connectivity index is 0.000000763. The highest BCUT2D eigenvalue weighted by molar-refractivity contribution is 5.78. The standard InChI is InChI=1S/C16H30O.C3H6O2/c1-2-3-4-5-6-13-16(17)14-9-12-15-10-7-8-11-15;1-3(4)5-2/h15H,2-14H2,1H3;1-2H3. The molecule has 1 aliphatic rings. The predicted octanol–water partition coefficient (Wildman–Crippen LogP) is 5.46. The normalized spacial score (nSPS) is 14.3. The highest BCUT2D eigenvalue weighted by Gasteiger charge is 2.14. The van der Waals surface area contributed by atoms with Gasteiger partial charge in [-0.25, -0.2) is 0 Å². The Morgan fingerprint density at radius 2 is 1.50 bits per heavy atom. The summed E-state index contributed by atoms with van der Waals surface area (Å²) in [7, 11) is 1.35. The lowest BCUT2D eigenvalue weighted by Gasteiger charge is -2.07. The molecule has 0 aromatic carbocycles. The number of ether oxygens (including phenoxy) is 1. The van der Waals surface area contributed by atoms with Gasteiger partial charge in [0.15, 0.2) is 0 Å². The molecule has 0 spiro atoms. The van der Waals surface area contributed by atoms with Crippen molar-refractivity contribution in [3.05, 3.63) is 0 Å². The van der Waals surface area contributed by atoms with Gasteiger partial charge in [0, 0.05) is 19.8 Å². The fraction of sp³-hybridized carbons (Fsp3) is 0.895. The van der Waals surface area contributed by atoms with E-state index >= 15 is 0 Å². The molecule has 0 radical (unpaired) electrons. The number of carbonyl (C=O) groups is 2. The van der Waals surface area contributed by atoms with Gasteiger partial charge in [0.1, 0.15) is 5.78 Å². The van der Waals surface area contributed by atoms with Crippen molar-refractivity contribution in [3.63, 3.8) is 0 Å². The summed E-state index contributed by atoms with van der Waals surface area (Å²) < 4.78 is 4.11. The third kappa shape index (κ3) is 14.1. The van der Waals surface area contributed by atoms with Gasteiger partial charge in [-0.3, -0.25) is 9.59 Å². The van der Waals surface area contributed by atoms with E-state index in [1.807, 2.05) is 0 Å². The lowest BCUT2D eigenvalue weighted by atomic mass is 9.98. The first-order chi connectivity index (χ1) is 10.6. The number of hydrogen-bond acceptors (Lipinski definition) is 3. The second kappa shape index (κ2) is 15.1. The van der Waals surface area contributed by atoms with E-state index in [-0.39, 0.29) is 5.97 Å². The van der Waals surface area contributed by atoms with E-state index < -0.39 is 0 Å². The number of methoxy groups -OCH3 is 1. The third-order valence-corrected chi connectivity index (χ3v) is 4.39. The Labute approximate surface area is 137 Å². The average molecular weight is 312 g/mol. The maximum absolute atomic E-state index is 11.6. The molecule has 1 saturated carbocycles. The van der Waals surface area contributed by atoms with Crippen molar-refractivity contribution in [1.82, 2.24) is 0 Å². The number of Topliss-reactive ketones (excluding diaryl/α,β-unsaturated/α-hetero) is 1. The van der Waals surface area contributed by atoms with Crippen molar-refractivity contribution in [2.24, 2.45) is 5.92 Å². The highest BCUT2D eigenvalue weighted by Crippen LogP contribution is 2.29. The van der Waals surface area contributed by atoms with E-state index in [4.69, 9.17) is 0 Å². The maximum atomic E-state index is 11.6. The van der Waals surface area contributed by atoms with Gasteiger partial charge in [-0.1, -0.05) is 64.7 Å². The van der Waals surface area contributed by atoms with Gasteiger partial charge in [-0.2, -0.15) is 0 Å². The summed E-state index contributed by atoms with van der Waals surface area (Å²) in [6.45, 7) is 3.59. The molecule has 130 valence electrons. The van der Waals surface area contributed by atoms with E-state index in [9.17, 15) is 9.59 Å². The van der Waals surface area contributed by atoms with Crippen LogP contribution in [0.25, 0.3) is 0 Å². The minimum atomic E-state index is -0.245. The smallest absolute Gasteiger partial charge is 0.302 e. The third-order valence-electron chi connectivity index (χ3n) is 4.39. The van der Waals surface area contributed by atoms with Crippen molar-refractivity contribution in [3.8, 4) is 0 Å². The van der Waals surface area contributed by atoms with Crippen LogP contribution in [0.2, 0.25) is 0 Å². The van der Waals surface area contributed by atoms with Crippen molar-refractivity contribution in [1.29, 1.82) is 0 Å². The molecule has 0 amide bonds. The van der Waals surface area contributed by atoms with Crippen LogP contribution in [0.5, 0.6) is 0 Å². The van der Waals surface area contributed by atoms with Gasteiger partial charge >= 0.3 is 5.97 Å². The maximum Gasteiger partial charge on any atom is 0.302 e. The SMILES string of the molecule is CCCCCCCC(=O)CCCC1CCCC1.COC(C)=O. The van der Waals surface area contributed by atoms with Crippen LogP contribution in [0.3, 0.4) is 0 Å². The second-order valence-electron chi connectivity index (χ2n) is 6.44. The first-order valence-electron chi connectivity index (χ1n) is 9.16. The van der Waals surface area contributed by atoms with Crippen molar-refractivity contribution in [2.75, 3.05) is 7.11 Å². The predicted molar refractivity (Wildman–Crippen MR) is 91.9 cm³/mol. The van der Waals surface area contributed by atoms with Crippen LogP contribution >= 0.6 is 0 Å². The lowest BCUT2D eigenvalue weighted by molar-refractivity contribution is -0.137. The molecule has 0 N–H and O–H groups in total. The summed E-state index contributed by atoms with van der Waals surface area (Å²) in [5.74, 6) is 1.22. The fourth-order valence-corrected chi connectivity index (χ4v) is 2.94. The Kier molecular flexibility index (Phi) is 14.5. The molecule has 22 heavy (non-hydrogen) atoms. The van der Waals surface area contributed by atoms with Crippen LogP contribution in [0.1, 0.15) is 97.3 Å². The van der Waals surface area contributed by atoms with Crippen LogP contribution in [0, 0.1) is 5.92 Å².